The van der Waals surface area contributed by atoms with Crippen LogP contribution in [0.5, 0.6) is 0 Å². The van der Waals surface area contributed by atoms with E-state index >= 15 is 0 Å². The number of aryl methyl sites for hydroxylation is 1. The van der Waals surface area contributed by atoms with E-state index in [1.807, 2.05) is 18.4 Å². The Balaban J connectivity index is 0.00000176. The summed E-state index contributed by atoms with van der Waals surface area (Å²) in [5.41, 5.74) is 0. The van der Waals surface area contributed by atoms with Crippen molar-refractivity contribution in [3.8, 4) is 0 Å². The van der Waals surface area contributed by atoms with Crippen LogP contribution in [0.4, 0.5) is 0 Å². The molecule has 2 heterocycles. The first-order chi connectivity index (χ1) is 10.2. The van der Waals surface area contributed by atoms with Crippen LogP contribution in [0.25, 0.3) is 0 Å². The maximum absolute atomic E-state index is 4.32. The first kappa shape index (κ1) is 18.0. The molecule has 0 amide bonds. The van der Waals surface area contributed by atoms with Gasteiger partial charge in [0.2, 0.25) is 0 Å². The normalized spacial score (nSPS) is 22.5. The van der Waals surface area contributed by atoms with E-state index in [4.69, 9.17) is 0 Å². The van der Waals surface area contributed by atoms with E-state index in [0.717, 1.165) is 31.0 Å². The molecule has 1 unspecified atom stereocenters. The molecule has 22 heavy (non-hydrogen) atoms. The van der Waals surface area contributed by atoms with Crippen LogP contribution in [-0.2, 0) is 6.54 Å². The number of hydrogen-bond donors (Lipinski definition) is 2. The second kappa shape index (κ2) is 8.49. The average Bonchev–Trinajstić information content (AvgIpc) is 3.09. The molecule has 4 nitrogen and oxygen atoms in total. The first-order valence-corrected chi connectivity index (χ1v) is 8.80. The topological polar surface area (TPSA) is 39.7 Å². The van der Waals surface area contributed by atoms with Gasteiger partial charge in [0.15, 0.2) is 5.96 Å². The lowest BCUT2D eigenvalue weighted by molar-refractivity contribution is 0.314. The number of likely N-dealkylation sites (tertiary alicyclic amines) is 1. The molecule has 6 heteroatoms. The summed E-state index contributed by atoms with van der Waals surface area (Å²) < 4.78 is 0. The molecule has 2 N–H and O–H groups in total. The lowest BCUT2D eigenvalue weighted by Crippen LogP contribution is -2.39. The molecule has 0 bridgehead atoms. The third kappa shape index (κ3) is 5.09. The largest absolute Gasteiger partial charge is 0.356 e. The molecular formula is C16H27IN4S. The van der Waals surface area contributed by atoms with Crippen LogP contribution in [0.2, 0.25) is 0 Å². The van der Waals surface area contributed by atoms with E-state index in [2.05, 4.69) is 39.6 Å². The third-order valence-electron chi connectivity index (χ3n) is 4.39. The van der Waals surface area contributed by atoms with Crippen molar-refractivity contribution in [2.75, 3.05) is 26.7 Å². The minimum Gasteiger partial charge on any atom is -0.356 e. The van der Waals surface area contributed by atoms with Crippen molar-refractivity contribution >= 4 is 41.3 Å². The van der Waals surface area contributed by atoms with Gasteiger partial charge in [-0.05, 0) is 50.8 Å². The Morgan fingerprint density at radius 2 is 2.14 bits per heavy atom. The van der Waals surface area contributed by atoms with Gasteiger partial charge in [0.25, 0.3) is 0 Å². The van der Waals surface area contributed by atoms with Gasteiger partial charge >= 0.3 is 0 Å². The molecule has 0 aromatic carbocycles. The molecule has 2 aliphatic rings. The lowest BCUT2D eigenvalue weighted by atomic mass is 10.1. The molecule has 1 saturated carbocycles. The summed E-state index contributed by atoms with van der Waals surface area (Å²) in [5, 5.41) is 6.89. The van der Waals surface area contributed by atoms with Crippen molar-refractivity contribution in [2.45, 2.75) is 38.8 Å². The number of halogens is 1. The van der Waals surface area contributed by atoms with Gasteiger partial charge in [-0.2, -0.15) is 0 Å². The van der Waals surface area contributed by atoms with E-state index in [1.165, 1.54) is 42.1 Å². The summed E-state index contributed by atoms with van der Waals surface area (Å²) in [4.78, 5) is 9.71. The van der Waals surface area contributed by atoms with Crippen LogP contribution < -0.4 is 10.6 Å². The van der Waals surface area contributed by atoms with Gasteiger partial charge in [-0.1, -0.05) is 0 Å². The van der Waals surface area contributed by atoms with Crippen LogP contribution in [0, 0.1) is 12.8 Å². The average molecular weight is 434 g/mol. The highest BCUT2D eigenvalue weighted by atomic mass is 127. The van der Waals surface area contributed by atoms with Crippen LogP contribution in [-0.4, -0.2) is 43.6 Å². The minimum atomic E-state index is 0. The van der Waals surface area contributed by atoms with Gasteiger partial charge in [-0.3, -0.25) is 4.99 Å². The number of thiophene rings is 1. The van der Waals surface area contributed by atoms with Gasteiger partial charge in [0, 0.05) is 35.9 Å². The zero-order valence-electron chi connectivity index (χ0n) is 13.5. The molecule has 1 aliphatic carbocycles. The Kier molecular flexibility index (Phi) is 6.95. The maximum atomic E-state index is 4.32. The fraction of sp³-hybridized carbons (Fsp3) is 0.688. The van der Waals surface area contributed by atoms with Gasteiger partial charge in [-0.25, -0.2) is 0 Å². The van der Waals surface area contributed by atoms with Gasteiger partial charge in [0.1, 0.15) is 0 Å². The molecule has 1 aromatic rings. The number of nitrogens with zero attached hydrogens (tertiary/aromatic N) is 2. The Morgan fingerprint density at radius 3 is 2.77 bits per heavy atom. The number of aliphatic imine (C=N–C) groups is 1. The summed E-state index contributed by atoms with van der Waals surface area (Å²) >= 11 is 1.84. The van der Waals surface area contributed by atoms with E-state index in [0.29, 0.717) is 0 Å². The van der Waals surface area contributed by atoms with Gasteiger partial charge in [-0.15, -0.1) is 35.3 Å². The molecular weight excluding hydrogens is 407 g/mol. The van der Waals surface area contributed by atoms with Crippen molar-refractivity contribution < 1.29 is 0 Å². The summed E-state index contributed by atoms with van der Waals surface area (Å²) in [6.45, 7) is 6.59. The summed E-state index contributed by atoms with van der Waals surface area (Å²) in [6, 6.07) is 5.27. The Hall–Kier alpha value is -0.340. The highest BCUT2D eigenvalue weighted by Gasteiger charge is 2.34. The second-order valence-corrected chi connectivity index (χ2v) is 7.57. The fourth-order valence-electron chi connectivity index (χ4n) is 3.01. The quantitative estimate of drug-likeness (QED) is 0.426. The Labute approximate surface area is 154 Å². The van der Waals surface area contributed by atoms with E-state index in [1.54, 1.807) is 0 Å². The van der Waals surface area contributed by atoms with E-state index in [9.17, 15) is 0 Å². The van der Waals surface area contributed by atoms with E-state index in [-0.39, 0.29) is 24.0 Å². The molecule has 1 aliphatic heterocycles. The van der Waals surface area contributed by atoms with Crippen LogP contribution >= 0.6 is 35.3 Å². The third-order valence-corrected chi connectivity index (χ3v) is 5.39. The summed E-state index contributed by atoms with van der Waals surface area (Å²) in [6.07, 6.45) is 4.16. The molecule has 3 rings (SSSR count). The second-order valence-electron chi connectivity index (χ2n) is 6.20. The molecule has 0 spiro atoms. The van der Waals surface area contributed by atoms with Crippen molar-refractivity contribution in [3.63, 3.8) is 0 Å². The van der Waals surface area contributed by atoms with Crippen molar-refractivity contribution in [3.05, 3.63) is 21.9 Å². The summed E-state index contributed by atoms with van der Waals surface area (Å²) in [5.74, 6) is 1.69. The molecule has 124 valence electrons. The van der Waals surface area contributed by atoms with Crippen molar-refractivity contribution in [2.24, 2.45) is 10.9 Å². The number of hydrogen-bond acceptors (Lipinski definition) is 3. The molecule has 0 radical (unpaired) electrons. The lowest BCUT2D eigenvalue weighted by Gasteiger charge is -2.16. The van der Waals surface area contributed by atoms with Crippen LogP contribution in [0.1, 0.15) is 29.0 Å². The molecule has 1 aromatic heterocycles. The zero-order chi connectivity index (χ0) is 14.7. The molecule has 1 saturated heterocycles. The van der Waals surface area contributed by atoms with Crippen LogP contribution in [0.3, 0.4) is 0 Å². The van der Waals surface area contributed by atoms with Crippen LogP contribution in [0.15, 0.2) is 17.1 Å². The predicted octanol–water partition coefficient (Wildman–Crippen LogP) is 2.82. The Bertz CT molecular complexity index is 498. The standard InChI is InChI=1S/C16H26N4S.HI/c1-12-3-6-15(21-12)10-19-16(17-2)18-9-13-7-8-20(11-13)14-4-5-14;/h3,6,13-14H,4-5,7-11H2,1-2H3,(H2,17,18,19);1H. The first-order valence-electron chi connectivity index (χ1n) is 7.98. The smallest absolute Gasteiger partial charge is 0.191 e. The molecule has 2 fully saturated rings. The maximum Gasteiger partial charge on any atom is 0.191 e. The predicted molar refractivity (Wildman–Crippen MR) is 105 cm³/mol. The minimum absolute atomic E-state index is 0. The number of nitrogens with one attached hydrogen (secondary N) is 2. The highest BCUT2D eigenvalue weighted by molar-refractivity contribution is 14.0. The highest BCUT2D eigenvalue weighted by Crippen LogP contribution is 2.31. The monoisotopic (exact) mass is 434 g/mol. The van der Waals surface area contributed by atoms with Crippen molar-refractivity contribution in [1.29, 1.82) is 0 Å². The Morgan fingerprint density at radius 1 is 1.32 bits per heavy atom. The SMILES string of the molecule is CN=C(NCc1ccc(C)s1)NCC1CCN(C2CC2)C1.I. The summed E-state index contributed by atoms with van der Waals surface area (Å²) in [7, 11) is 1.85. The zero-order valence-corrected chi connectivity index (χ0v) is 16.6. The van der Waals surface area contributed by atoms with E-state index < -0.39 is 0 Å². The number of rotatable bonds is 5. The van der Waals surface area contributed by atoms with Crippen molar-refractivity contribution in [1.82, 2.24) is 15.5 Å². The van der Waals surface area contributed by atoms with Gasteiger partial charge in [0.05, 0.1) is 6.54 Å². The molecule has 1 atom stereocenters. The van der Waals surface area contributed by atoms with Gasteiger partial charge < -0.3 is 15.5 Å². The fourth-order valence-corrected chi connectivity index (χ4v) is 3.84. The number of guanidine groups is 1.